The number of carbonyl (C=O) groups is 1. The molecule has 17 heavy (non-hydrogen) atoms. The van der Waals surface area contributed by atoms with Gasteiger partial charge in [0.25, 0.3) is 0 Å². The van der Waals surface area contributed by atoms with Crippen LogP contribution in [-0.2, 0) is 4.79 Å². The van der Waals surface area contributed by atoms with Crippen molar-refractivity contribution in [3.8, 4) is 6.07 Å². The van der Waals surface area contributed by atoms with Crippen molar-refractivity contribution in [2.75, 3.05) is 26.2 Å². The fraction of sp³-hybridized carbons (Fsp3) is 0.846. The predicted molar refractivity (Wildman–Crippen MR) is 65.2 cm³/mol. The Kier molecular flexibility index (Phi) is 4.01. The molecule has 0 aromatic heterocycles. The van der Waals surface area contributed by atoms with Gasteiger partial charge in [-0.3, -0.25) is 9.69 Å². The van der Waals surface area contributed by atoms with E-state index in [1.165, 1.54) is 0 Å². The highest BCUT2D eigenvalue weighted by molar-refractivity contribution is 5.73. The number of hydrogen-bond donors (Lipinski definition) is 0. The summed E-state index contributed by atoms with van der Waals surface area (Å²) in [4.78, 5) is 15.6. The van der Waals surface area contributed by atoms with Crippen molar-refractivity contribution in [1.29, 1.82) is 5.26 Å². The van der Waals surface area contributed by atoms with Crippen LogP contribution in [0, 0.1) is 17.2 Å². The van der Waals surface area contributed by atoms with E-state index in [4.69, 9.17) is 5.26 Å². The highest BCUT2D eigenvalue weighted by Crippen LogP contribution is 2.23. The second-order valence-corrected chi connectivity index (χ2v) is 5.20. The lowest BCUT2D eigenvalue weighted by molar-refractivity contribution is -0.130. The van der Waals surface area contributed by atoms with Gasteiger partial charge in [-0.25, -0.2) is 0 Å². The molecule has 94 valence electrons. The van der Waals surface area contributed by atoms with Crippen LogP contribution in [0.5, 0.6) is 0 Å². The molecule has 0 aliphatic carbocycles. The normalized spacial score (nSPS) is 27.8. The Morgan fingerprint density at radius 2 is 1.94 bits per heavy atom. The van der Waals surface area contributed by atoms with Gasteiger partial charge in [-0.1, -0.05) is 0 Å². The van der Waals surface area contributed by atoms with Crippen LogP contribution in [0.3, 0.4) is 0 Å². The Morgan fingerprint density at radius 1 is 1.24 bits per heavy atom. The monoisotopic (exact) mass is 235 g/mol. The van der Waals surface area contributed by atoms with Crippen LogP contribution >= 0.6 is 0 Å². The molecule has 2 aliphatic heterocycles. The zero-order valence-corrected chi connectivity index (χ0v) is 10.6. The summed E-state index contributed by atoms with van der Waals surface area (Å²) in [5, 5.41) is 8.99. The van der Waals surface area contributed by atoms with Gasteiger partial charge in [0.2, 0.25) is 5.91 Å². The Balaban J connectivity index is 1.84. The maximum Gasteiger partial charge on any atom is 0.219 e. The quantitative estimate of drug-likeness (QED) is 0.687. The molecule has 2 fully saturated rings. The third-order valence-electron chi connectivity index (χ3n) is 4.06. The van der Waals surface area contributed by atoms with Gasteiger partial charge in [-0.15, -0.1) is 0 Å². The van der Waals surface area contributed by atoms with Crippen molar-refractivity contribution in [3.63, 3.8) is 0 Å². The molecule has 2 aliphatic rings. The summed E-state index contributed by atoms with van der Waals surface area (Å²) in [5.41, 5.74) is 0. The number of carbonyl (C=O) groups excluding carboxylic acids is 1. The smallest absolute Gasteiger partial charge is 0.219 e. The maximum absolute atomic E-state index is 11.2. The van der Waals surface area contributed by atoms with Crippen LogP contribution < -0.4 is 0 Å². The predicted octanol–water partition coefficient (Wildman–Crippen LogP) is 1.23. The standard InChI is InChI=1S/C13H21N3O/c1-11(17)15-7-4-13(5-8-15)16-6-2-3-12(9-14)10-16/h12-13H,2-8,10H2,1H3. The summed E-state index contributed by atoms with van der Waals surface area (Å²) in [5.74, 6) is 0.409. The first-order chi connectivity index (χ1) is 8.20. The van der Waals surface area contributed by atoms with Crippen LogP contribution in [0.25, 0.3) is 0 Å². The summed E-state index contributed by atoms with van der Waals surface area (Å²) in [6.45, 7) is 5.47. The second kappa shape index (κ2) is 5.50. The summed E-state index contributed by atoms with van der Waals surface area (Å²) in [6, 6.07) is 2.98. The van der Waals surface area contributed by atoms with Crippen molar-refractivity contribution in [2.45, 2.75) is 38.6 Å². The first-order valence-electron chi connectivity index (χ1n) is 6.60. The van der Waals surface area contributed by atoms with E-state index in [1.54, 1.807) is 6.92 Å². The zero-order valence-electron chi connectivity index (χ0n) is 10.6. The molecule has 4 heteroatoms. The van der Waals surface area contributed by atoms with Gasteiger partial charge in [0, 0.05) is 32.6 Å². The Hall–Kier alpha value is -1.08. The van der Waals surface area contributed by atoms with Crippen molar-refractivity contribution in [2.24, 2.45) is 5.92 Å². The number of nitrogens with zero attached hydrogens (tertiary/aromatic N) is 3. The van der Waals surface area contributed by atoms with Crippen LogP contribution in [0.2, 0.25) is 0 Å². The van der Waals surface area contributed by atoms with Gasteiger partial charge in [0.1, 0.15) is 0 Å². The molecule has 0 bridgehead atoms. The SMILES string of the molecule is CC(=O)N1CCC(N2CCCC(C#N)C2)CC1. The van der Waals surface area contributed by atoms with Gasteiger partial charge in [0.05, 0.1) is 12.0 Å². The topological polar surface area (TPSA) is 47.3 Å². The molecule has 0 aromatic rings. The molecule has 0 spiro atoms. The third-order valence-corrected chi connectivity index (χ3v) is 4.06. The molecular formula is C13H21N3O. The van der Waals surface area contributed by atoms with Crippen molar-refractivity contribution < 1.29 is 4.79 Å². The summed E-state index contributed by atoms with van der Waals surface area (Å²) < 4.78 is 0. The number of likely N-dealkylation sites (tertiary alicyclic amines) is 2. The molecule has 0 radical (unpaired) electrons. The second-order valence-electron chi connectivity index (χ2n) is 5.20. The lowest BCUT2D eigenvalue weighted by atomic mass is 9.95. The van der Waals surface area contributed by atoms with E-state index in [0.29, 0.717) is 6.04 Å². The zero-order chi connectivity index (χ0) is 12.3. The minimum Gasteiger partial charge on any atom is -0.343 e. The minimum atomic E-state index is 0.192. The molecule has 2 heterocycles. The highest BCUT2D eigenvalue weighted by atomic mass is 16.2. The summed E-state index contributed by atoms with van der Waals surface area (Å²) in [6.07, 6.45) is 4.33. The third kappa shape index (κ3) is 2.98. The Morgan fingerprint density at radius 3 is 2.53 bits per heavy atom. The van der Waals surface area contributed by atoms with Gasteiger partial charge in [-0.2, -0.15) is 5.26 Å². The first kappa shape index (κ1) is 12.4. The van der Waals surface area contributed by atoms with E-state index in [-0.39, 0.29) is 11.8 Å². The average molecular weight is 235 g/mol. The number of piperidine rings is 2. The Labute approximate surface area is 103 Å². The van der Waals surface area contributed by atoms with E-state index >= 15 is 0 Å². The number of rotatable bonds is 1. The molecule has 1 amide bonds. The molecular weight excluding hydrogens is 214 g/mol. The van der Waals surface area contributed by atoms with Crippen molar-refractivity contribution in [3.05, 3.63) is 0 Å². The van der Waals surface area contributed by atoms with E-state index < -0.39 is 0 Å². The van der Waals surface area contributed by atoms with Crippen molar-refractivity contribution >= 4 is 5.91 Å². The number of amides is 1. The van der Waals surface area contributed by atoms with E-state index in [9.17, 15) is 4.79 Å². The molecule has 0 N–H and O–H groups in total. The molecule has 2 rings (SSSR count). The largest absolute Gasteiger partial charge is 0.343 e. The molecule has 1 unspecified atom stereocenters. The van der Waals surface area contributed by atoms with Crippen LogP contribution in [0.1, 0.15) is 32.6 Å². The Bertz CT molecular complexity index is 315. The molecule has 1 atom stereocenters. The van der Waals surface area contributed by atoms with Gasteiger partial charge < -0.3 is 4.90 Å². The molecule has 2 saturated heterocycles. The minimum absolute atomic E-state index is 0.192. The highest BCUT2D eigenvalue weighted by Gasteiger charge is 2.29. The number of nitriles is 1. The van der Waals surface area contributed by atoms with Crippen LogP contribution in [0.4, 0.5) is 0 Å². The first-order valence-corrected chi connectivity index (χ1v) is 6.60. The van der Waals surface area contributed by atoms with E-state index in [2.05, 4.69) is 11.0 Å². The lowest BCUT2D eigenvalue weighted by Gasteiger charge is -2.41. The fourth-order valence-corrected chi connectivity index (χ4v) is 2.99. The van der Waals surface area contributed by atoms with E-state index in [1.807, 2.05) is 4.90 Å². The summed E-state index contributed by atoms with van der Waals surface area (Å²) in [7, 11) is 0. The van der Waals surface area contributed by atoms with Gasteiger partial charge in [0.15, 0.2) is 0 Å². The van der Waals surface area contributed by atoms with Crippen LogP contribution in [0.15, 0.2) is 0 Å². The molecule has 0 aromatic carbocycles. The number of hydrogen-bond acceptors (Lipinski definition) is 3. The summed E-state index contributed by atoms with van der Waals surface area (Å²) >= 11 is 0. The lowest BCUT2D eigenvalue weighted by Crippen LogP contribution is -2.49. The molecule has 0 saturated carbocycles. The average Bonchev–Trinajstić information content (AvgIpc) is 2.39. The maximum atomic E-state index is 11.2. The fourth-order valence-electron chi connectivity index (χ4n) is 2.99. The van der Waals surface area contributed by atoms with Crippen LogP contribution in [-0.4, -0.2) is 47.9 Å². The van der Waals surface area contributed by atoms with Crippen molar-refractivity contribution in [1.82, 2.24) is 9.80 Å². The molecule has 4 nitrogen and oxygen atoms in total. The van der Waals surface area contributed by atoms with Gasteiger partial charge >= 0.3 is 0 Å². The van der Waals surface area contributed by atoms with E-state index in [0.717, 1.165) is 51.9 Å². The van der Waals surface area contributed by atoms with Gasteiger partial charge in [-0.05, 0) is 32.2 Å².